The standard InChI is InChI=1S/C23H26N2O6/c1-6-25(23(26)15-7-9-18(27-2)10-8-15)14-17-13-19(31-24-17)16-11-20(28-3)22(30-5)21(12-16)29-4/h7-13H,6,14H2,1-5H3. The molecule has 3 aromatic rings. The summed E-state index contributed by atoms with van der Waals surface area (Å²) in [6.45, 7) is 2.76. The van der Waals surface area contributed by atoms with E-state index in [0.717, 1.165) is 5.56 Å². The Balaban J connectivity index is 1.82. The third-order valence-electron chi connectivity index (χ3n) is 4.87. The van der Waals surface area contributed by atoms with E-state index < -0.39 is 0 Å². The van der Waals surface area contributed by atoms with E-state index in [4.69, 9.17) is 23.5 Å². The van der Waals surface area contributed by atoms with Gasteiger partial charge in [0, 0.05) is 23.7 Å². The molecule has 0 saturated carbocycles. The summed E-state index contributed by atoms with van der Waals surface area (Å²) < 4.78 is 26.8. The molecule has 1 aromatic heterocycles. The summed E-state index contributed by atoms with van der Waals surface area (Å²) in [5.41, 5.74) is 1.93. The Morgan fingerprint density at radius 2 is 1.58 bits per heavy atom. The van der Waals surface area contributed by atoms with Crippen molar-refractivity contribution in [3.8, 4) is 34.3 Å². The Morgan fingerprint density at radius 3 is 2.10 bits per heavy atom. The van der Waals surface area contributed by atoms with Gasteiger partial charge in [0.2, 0.25) is 5.75 Å². The van der Waals surface area contributed by atoms with Crippen molar-refractivity contribution in [2.45, 2.75) is 13.5 Å². The average Bonchev–Trinajstić information content (AvgIpc) is 3.29. The van der Waals surface area contributed by atoms with Crippen LogP contribution < -0.4 is 18.9 Å². The molecule has 0 fully saturated rings. The molecule has 2 aromatic carbocycles. The van der Waals surface area contributed by atoms with E-state index in [1.807, 2.05) is 6.92 Å². The van der Waals surface area contributed by atoms with Crippen LogP contribution in [0.5, 0.6) is 23.0 Å². The molecule has 0 unspecified atom stereocenters. The van der Waals surface area contributed by atoms with Crippen LogP contribution in [0, 0.1) is 0 Å². The first-order valence-corrected chi connectivity index (χ1v) is 9.73. The zero-order valence-corrected chi connectivity index (χ0v) is 18.3. The fourth-order valence-electron chi connectivity index (χ4n) is 3.18. The van der Waals surface area contributed by atoms with E-state index in [0.29, 0.717) is 53.1 Å². The summed E-state index contributed by atoms with van der Waals surface area (Å²) >= 11 is 0. The number of amides is 1. The molecule has 8 heteroatoms. The normalized spacial score (nSPS) is 10.5. The van der Waals surface area contributed by atoms with E-state index in [1.54, 1.807) is 75.8 Å². The maximum Gasteiger partial charge on any atom is 0.254 e. The van der Waals surface area contributed by atoms with E-state index in [1.165, 1.54) is 0 Å². The predicted molar refractivity (Wildman–Crippen MR) is 115 cm³/mol. The lowest BCUT2D eigenvalue weighted by Gasteiger charge is -2.19. The molecule has 1 heterocycles. The lowest BCUT2D eigenvalue weighted by atomic mass is 10.1. The molecule has 3 rings (SSSR count). The van der Waals surface area contributed by atoms with Gasteiger partial charge < -0.3 is 28.4 Å². The second-order valence-electron chi connectivity index (χ2n) is 6.64. The lowest BCUT2D eigenvalue weighted by molar-refractivity contribution is 0.0749. The van der Waals surface area contributed by atoms with Crippen LogP contribution in [0.3, 0.4) is 0 Å². The van der Waals surface area contributed by atoms with Crippen molar-refractivity contribution in [1.82, 2.24) is 10.1 Å². The molecular formula is C23H26N2O6. The van der Waals surface area contributed by atoms with E-state index in [2.05, 4.69) is 5.16 Å². The first-order chi connectivity index (χ1) is 15.0. The monoisotopic (exact) mass is 426 g/mol. The van der Waals surface area contributed by atoms with Gasteiger partial charge in [0.15, 0.2) is 17.3 Å². The van der Waals surface area contributed by atoms with Crippen molar-refractivity contribution in [3.05, 3.63) is 53.7 Å². The first kappa shape index (κ1) is 22.0. The molecule has 0 bridgehead atoms. The van der Waals surface area contributed by atoms with Crippen LogP contribution in [0.15, 0.2) is 47.0 Å². The van der Waals surface area contributed by atoms with Crippen LogP contribution in [-0.2, 0) is 6.54 Å². The van der Waals surface area contributed by atoms with Gasteiger partial charge in [-0.1, -0.05) is 5.16 Å². The molecule has 0 N–H and O–H groups in total. The highest BCUT2D eigenvalue weighted by Crippen LogP contribution is 2.41. The van der Waals surface area contributed by atoms with Crippen molar-refractivity contribution in [2.75, 3.05) is 35.0 Å². The maximum absolute atomic E-state index is 12.9. The highest BCUT2D eigenvalue weighted by molar-refractivity contribution is 5.94. The summed E-state index contributed by atoms with van der Waals surface area (Å²) in [5.74, 6) is 2.66. The summed E-state index contributed by atoms with van der Waals surface area (Å²) in [6, 6.07) is 12.4. The largest absolute Gasteiger partial charge is 0.497 e. The number of aromatic nitrogens is 1. The maximum atomic E-state index is 12.9. The summed E-state index contributed by atoms with van der Waals surface area (Å²) in [5, 5.41) is 4.14. The Bertz CT molecular complexity index is 1000. The van der Waals surface area contributed by atoms with Gasteiger partial charge in [0.1, 0.15) is 11.4 Å². The van der Waals surface area contributed by atoms with Crippen LogP contribution >= 0.6 is 0 Å². The van der Waals surface area contributed by atoms with Gasteiger partial charge in [-0.3, -0.25) is 4.79 Å². The number of carbonyl (C=O) groups excluding carboxylic acids is 1. The lowest BCUT2D eigenvalue weighted by Crippen LogP contribution is -2.30. The number of methoxy groups -OCH3 is 4. The highest BCUT2D eigenvalue weighted by atomic mass is 16.5. The SMILES string of the molecule is CCN(Cc1cc(-c2cc(OC)c(OC)c(OC)c2)on1)C(=O)c1ccc(OC)cc1. The zero-order chi connectivity index (χ0) is 22.4. The number of hydrogen-bond acceptors (Lipinski definition) is 7. The van der Waals surface area contributed by atoms with Gasteiger partial charge >= 0.3 is 0 Å². The van der Waals surface area contributed by atoms with E-state index >= 15 is 0 Å². The molecule has 164 valence electrons. The zero-order valence-electron chi connectivity index (χ0n) is 18.3. The first-order valence-electron chi connectivity index (χ1n) is 9.73. The van der Waals surface area contributed by atoms with Gasteiger partial charge in [-0.2, -0.15) is 0 Å². The third kappa shape index (κ3) is 4.74. The van der Waals surface area contributed by atoms with Crippen LogP contribution in [-0.4, -0.2) is 50.9 Å². The minimum atomic E-state index is -0.0949. The summed E-state index contributed by atoms with van der Waals surface area (Å²) in [6.07, 6.45) is 0. The number of hydrogen-bond donors (Lipinski definition) is 0. The summed E-state index contributed by atoms with van der Waals surface area (Å²) in [7, 11) is 6.24. The minimum absolute atomic E-state index is 0.0949. The van der Waals surface area contributed by atoms with Crippen LogP contribution in [0.4, 0.5) is 0 Å². The van der Waals surface area contributed by atoms with Crippen LogP contribution in [0.2, 0.25) is 0 Å². The molecule has 0 radical (unpaired) electrons. The molecular weight excluding hydrogens is 400 g/mol. The van der Waals surface area contributed by atoms with Crippen molar-refractivity contribution < 1.29 is 28.3 Å². The molecule has 0 aliphatic carbocycles. The van der Waals surface area contributed by atoms with Crippen LogP contribution in [0.25, 0.3) is 11.3 Å². The summed E-state index contributed by atoms with van der Waals surface area (Å²) in [4.78, 5) is 14.6. The number of benzene rings is 2. The third-order valence-corrected chi connectivity index (χ3v) is 4.87. The number of rotatable bonds is 9. The van der Waals surface area contributed by atoms with Crippen LogP contribution in [0.1, 0.15) is 23.0 Å². The highest BCUT2D eigenvalue weighted by Gasteiger charge is 2.19. The van der Waals surface area contributed by atoms with Crippen molar-refractivity contribution in [3.63, 3.8) is 0 Å². The molecule has 1 amide bonds. The van der Waals surface area contributed by atoms with Crippen molar-refractivity contribution >= 4 is 5.91 Å². The topological polar surface area (TPSA) is 83.3 Å². The minimum Gasteiger partial charge on any atom is -0.497 e. The molecule has 0 atom stereocenters. The molecule has 0 spiro atoms. The number of nitrogens with zero attached hydrogens (tertiary/aromatic N) is 2. The average molecular weight is 426 g/mol. The van der Waals surface area contributed by atoms with Gasteiger partial charge in [-0.05, 0) is 43.3 Å². The second kappa shape index (κ2) is 9.88. The van der Waals surface area contributed by atoms with Gasteiger partial charge in [0.05, 0.1) is 35.0 Å². The molecule has 0 saturated heterocycles. The van der Waals surface area contributed by atoms with Gasteiger partial charge in [0.25, 0.3) is 5.91 Å². The predicted octanol–water partition coefficient (Wildman–Crippen LogP) is 4.04. The Kier molecular flexibility index (Phi) is 7.02. The van der Waals surface area contributed by atoms with E-state index in [-0.39, 0.29) is 5.91 Å². The molecule has 0 aliphatic heterocycles. The van der Waals surface area contributed by atoms with E-state index in [9.17, 15) is 4.79 Å². The Hall–Kier alpha value is -3.68. The fraction of sp³-hybridized carbons (Fsp3) is 0.304. The van der Waals surface area contributed by atoms with Gasteiger partial charge in [-0.15, -0.1) is 0 Å². The smallest absolute Gasteiger partial charge is 0.254 e. The van der Waals surface area contributed by atoms with Gasteiger partial charge in [-0.25, -0.2) is 0 Å². The number of ether oxygens (including phenoxy) is 4. The quantitative estimate of drug-likeness (QED) is 0.511. The fourth-order valence-corrected chi connectivity index (χ4v) is 3.18. The van der Waals surface area contributed by atoms with Crippen molar-refractivity contribution in [2.24, 2.45) is 0 Å². The Morgan fingerprint density at radius 1 is 0.935 bits per heavy atom. The molecule has 31 heavy (non-hydrogen) atoms. The second-order valence-corrected chi connectivity index (χ2v) is 6.64. The molecule has 0 aliphatic rings. The van der Waals surface area contributed by atoms with Crippen molar-refractivity contribution in [1.29, 1.82) is 0 Å². The number of carbonyl (C=O) groups is 1. The Labute approximate surface area is 181 Å². The molecule has 8 nitrogen and oxygen atoms in total.